The van der Waals surface area contributed by atoms with Gasteiger partial charge >= 0.3 is 0 Å². The third-order valence-electron chi connectivity index (χ3n) is 4.48. The predicted octanol–water partition coefficient (Wildman–Crippen LogP) is 3.37. The standard InChI is InChI=1S/C19H25N5OS.HI/c1-13-14(2)26-17(23-13)12-22-19(20-3)21-11-15-6-8-16(9-7-15)24-10-4-5-18(24)25;/h6-9H,4-5,10-12H2,1-3H3,(H2,20,21,22);1H. The summed E-state index contributed by atoms with van der Waals surface area (Å²) in [5, 5.41) is 7.66. The molecule has 0 unspecified atom stereocenters. The van der Waals surface area contributed by atoms with Gasteiger partial charge in [-0.25, -0.2) is 4.98 Å². The fourth-order valence-electron chi connectivity index (χ4n) is 2.90. The smallest absolute Gasteiger partial charge is 0.227 e. The number of halogens is 1. The Labute approximate surface area is 181 Å². The zero-order valence-electron chi connectivity index (χ0n) is 15.9. The second-order valence-corrected chi connectivity index (χ2v) is 7.63. The van der Waals surface area contributed by atoms with Crippen LogP contribution in [0.2, 0.25) is 0 Å². The van der Waals surface area contributed by atoms with Crippen molar-refractivity contribution in [3.8, 4) is 0 Å². The summed E-state index contributed by atoms with van der Waals surface area (Å²) in [4.78, 5) is 23.7. The highest BCUT2D eigenvalue weighted by atomic mass is 127. The molecular weight excluding hydrogens is 473 g/mol. The number of anilines is 1. The number of aliphatic imine (C=N–C) groups is 1. The molecule has 1 aromatic carbocycles. The summed E-state index contributed by atoms with van der Waals surface area (Å²) in [6.45, 7) is 6.27. The van der Waals surface area contributed by atoms with Crippen molar-refractivity contribution < 1.29 is 4.79 Å². The summed E-state index contributed by atoms with van der Waals surface area (Å²) in [5.74, 6) is 0.961. The first-order valence-electron chi connectivity index (χ1n) is 8.83. The average Bonchev–Trinajstić information content (AvgIpc) is 3.21. The van der Waals surface area contributed by atoms with Gasteiger partial charge in [0.25, 0.3) is 0 Å². The third-order valence-corrected chi connectivity index (χ3v) is 5.56. The number of hydrogen-bond acceptors (Lipinski definition) is 4. The molecular formula is C19H26IN5OS. The number of carbonyl (C=O) groups is 1. The minimum Gasteiger partial charge on any atom is -0.352 e. The minimum atomic E-state index is 0. The van der Waals surface area contributed by atoms with E-state index in [0.717, 1.165) is 40.9 Å². The SMILES string of the molecule is CN=C(NCc1ccc(N2CCCC2=O)cc1)NCc1nc(C)c(C)s1.I. The fraction of sp³-hybridized carbons (Fsp3) is 0.421. The maximum absolute atomic E-state index is 11.8. The maximum atomic E-state index is 11.8. The molecule has 1 fully saturated rings. The van der Waals surface area contributed by atoms with E-state index in [9.17, 15) is 4.79 Å². The van der Waals surface area contributed by atoms with Crippen molar-refractivity contribution >= 4 is 52.9 Å². The Kier molecular flexibility index (Phi) is 8.03. The van der Waals surface area contributed by atoms with Gasteiger partial charge in [0.1, 0.15) is 5.01 Å². The van der Waals surface area contributed by atoms with Gasteiger partial charge in [-0.15, -0.1) is 35.3 Å². The van der Waals surface area contributed by atoms with Crippen LogP contribution in [0.4, 0.5) is 5.69 Å². The van der Waals surface area contributed by atoms with Crippen LogP contribution in [-0.4, -0.2) is 30.4 Å². The van der Waals surface area contributed by atoms with Crippen molar-refractivity contribution in [3.05, 3.63) is 45.4 Å². The molecule has 2 heterocycles. The lowest BCUT2D eigenvalue weighted by Gasteiger charge is -2.16. The third kappa shape index (κ3) is 5.65. The van der Waals surface area contributed by atoms with Gasteiger partial charge in [-0.05, 0) is 38.0 Å². The molecule has 1 aromatic heterocycles. The van der Waals surface area contributed by atoms with E-state index in [-0.39, 0.29) is 29.9 Å². The molecule has 0 bridgehead atoms. The van der Waals surface area contributed by atoms with Crippen molar-refractivity contribution in [2.75, 3.05) is 18.5 Å². The number of amides is 1. The Morgan fingerprint density at radius 3 is 2.48 bits per heavy atom. The first-order chi connectivity index (χ1) is 12.6. The molecule has 0 radical (unpaired) electrons. The van der Waals surface area contributed by atoms with Crippen LogP contribution >= 0.6 is 35.3 Å². The first-order valence-corrected chi connectivity index (χ1v) is 9.65. The summed E-state index contributed by atoms with van der Waals surface area (Å²) in [6, 6.07) is 8.12. The number of benzene rings is 1. The number of aryl methyl sites for hydroxylation is 2. The molecule has 0 spiro atoms. The van der Waals surface area contributed by atoms with Gasteiger partial charge in [-0.2, -0.15) is 0 Å². The Balaban J connectivity index is 0.00000261. The zero-order chi connectivity index (χ0) is 18.5. The summed E-state index contributed by atoms with van der Waals surface area (Å²) in [5.41, 5.74) is 3.21. The van der Waals surface area contributed by atoms with Gasteiger partial charge in [0, 0.05) is 37.1 Å². The molecule has 27 heavy (non-hydrogen) atoms. The second kappa shape index (κ2) is 10.0. The van der Waals surface area contributed by atoms with Crippen molar-refractivity contribution in [2.24, 2.45) is 4.99 Å². The second-order valence-electron chi connectivity index (χ2n) is 6.34. The number of carbonyl (C=O) groups excluding carboxylic acids is 1. The van der Waals surface area contributed by atoms with E-state index in [4.69, 9.17) is 0 Å². The van der Waals surface area contributed by atoms with Gasteiger partial charge < -0.3 is 15.5 Å². The van der Waals surface area contributed by atoms with Crippen molar-refractivity contribution in [1.29, 1.82) is 0 Å². The van der Waals surface area contributed by atoms with Crippen molar-refractivity contribution in [2.45, 2.75) is 39.8 Å². The lowest BCUT2D eigenvalue weighted by Crippen LogP contribution is -2.36. The van der Waals surface area contributed by atoms with Crippen LogP contribution in [0.5, 0.6) is 0 Å². The van der Waals surface area contributed by atoms with E-state index in [2.05, 4.69) is 39.7 Å². The van der Waals surface area contributed by atoms with Crippen LogP contribution in [0.15, 0.2) is 29.3 Å². The topological polar surface area (TPSA) is 69.6 Å². The summed E-state index contributed by atoms with van der Waals surface area (Å²) >= 11 is 1.71. The predicted molar refractivity (Wildman–Crippen MR) is 122 cm³/mol. The number of nitrogens with one attached hydrogen (secondary N) is 2. The molecule has 0 saturated carbocycles. The Hall–Kier alpha value is -1.68. The maximum Gasteiger partial charge on any atom is 0.227 e. The molecule has 1 aliphatic rings. The molecule has 8 heteroatoms. The number of guanidine groups is 1. The molecule has 1 saturated heterocycles. The number of thiazole rings is 1. The Morgan fingerprint density at radius 2 is 1.93 bits per heavy atom. The molecule has 3 rings (SSSR count). The highest BCUT2D eigenvalue weighted by Gasteiger charge is 2.21. The lowest BCUT2D eigenvalue weighted by molar-refractivity contribution is -0.117. The molecule has 2 aromatic rings. The number of hydrogen-bond donors (Lipinski definition) is 2. The lowest BCUT2D eigenvalue weighted by atomic mass is 10.2. The summed E-state index contributed by atoms with van der Waals surface area (Å²) < 4.78 is 0. The normalized spacial score (nSPS) is 14.3. The number of nitrogens with zero attached hydrogens (tertiary/aromatic N) is 3. The zero-order valence-corrected chi connectivity index (χ0v) is 19.1. The Bertz CT molecular complexity index is 783. The quantitative estimate of drug-likeness (QED) is 0.376. The van der Waals surface area contributed by atoms with E-state index in [0.29, 0.717) is 19.5 Å². The highest BCUT2D eigenvalue weighted by molar-refractivity contribution is 14.0. The van der Waals surface area contributed by atoms with Crippen molar-refractivity contribution in [1.82, 2.24) is 15.6 Å². The van der Waals surface area contributed by atoms with Gasteiger partial charge in [0.2, 0.25) is 5.91 Å². The number of aromatic nitrogens is 1. The van der Waals surface area contributed by atoms with E-state index in [1.165, 1.54) is 4.88 Å². The molecule has 2 N–H and O–H groups in total. The molecule has 1 amide bonds. The summed E-state index contributed by atoms with van der Waals surface area (Å²) in [6.07, 6.45) is 1.60. The largest absolute Gasteiger partial charge is 0.352 e. The van der Waals surface area contributed by atoms with E-state index >= 15 is 0 Å². The minimum absolute atomic E-state index is 0. The van der Waals surface area contributed by atoms with E-state index in [1.807, 2.05) is 24.0 Å². The van der Waals surface area contributed by atoms with Gasteiger partial charge in [0.15, 0.2) is 5.96 Å². The highest BCUT2D eigenvalue weighted by Crippen LogP contribution is 2.21. The Morgan fingerprint density at radius 1 is 1.22 bits per heavy atom. The first kappa shape index (κ1) is 21.6. The fourth-order valence-corrected chi connectivity index (χ4v) is 3.77. The van der Waals surface area contributed by atoms with Crippen molar-refractivity contribution in [3.63, 3.8) is 0 Å². The van der Waals surface area contributed by atoms with E-state index in [1.54, 1.807) is 18.4 Å². The van der Waals surface area contributed by atoms with Crippen LogP contribution in [0, 0.1) is 13.8 Å². The van der Waals surface area contributed by atoms with Gasteiger partial charge in [-0.3, -0.25) is 9.79 Å². The number of rotatable bonds is 5. The molecule has 1 aliphatic heterocycles. The average molecular weight is 499 g/mol. The molecule has 146 valence electrons. The van der Waals surface area contributed by atoms with Gasteiger partial charge in [-0.1, -0.05) is 12.1 Å². The van der Waals surface area contributed by atoms with Gasteiger partial charge in [0.05, 0.1) is 12.2 Å². The van der Waals surface area contributed by atoms with Crippen LogP contribution in [0.1, 0.15) is 34.0 Å². The van der Waals surface area contributed by atoms with E-state index < -0.39 is 0 Å². The van der Waals surface area contributed by atoms with Crippen LogP contribution in [-0.2, 0) is 17.9 Å². The van der Waals surface area contributed by atoms with Crippen LogP contribution < -0.4 is 15.5 Å². The molecule has 0 atom stereocenters. The van der Waals surface area contributed by atoms with Crippen LogP contribution in [0.3, 0.4) is 0 Å². The van der Waals surface area contributed by atoms with Crippen LogP contribution in [0.25, 0.3) is 0 Å². The molecule has 6 nitrogen and oxygen atoms in total. The summed E-state index contributed by atoms with van der Waals surface area (Å²) in [7, 11) is 1.76. The molecule has 0 aliphatic carbocycles. The monoisotopic (exact) mass is 499 g/mol.